The molecule has 0 aromatic carbocycles. The van der Waals surface area contributed by atoms with E-state index < -0.39 is 5.97 Å². The molecule has 2 rings (SSSR count). The number of hydrogen-bond donors (Lipinski definition) is 1. The highest BCUT2D eigenvalue weighted by Crippen LogP contribution is 2.14. The summed E-state index contributed by atoms with van der Waals surface area (Å²) in [4.78, 5) is 23.0. The molecule has 0 radical (unpaired) electrons. The Balaban J connectivity index is 2.45. The van der Waals surface area contributed by atoms with E-state index in [4.69, 9.17) is 0 Å². The Morgan fingerprint density at radius 1 is 1.42 bits per heavy atom. The Morgan fingerprint density at radius 2 is 2.33 bits per heavy atom. The van der Waals surface area contributed by atoms with Gasteiger partial charge in [-0.3, -0.25) is 0 Å². The van der Waals surface area contributed by atoms with E-state index in [2.05, 4.69) is 20.3 Å². The molecule has 0 aliphatic carbocycles. The first kappa shape index (κ1) is 6.78. The lowest BCUT2D eigenvalue weighted by Crippen LogP contribution is -2.06. The second-order valence-corrected chi connectivity index (χ2v) is 2.18. The number of carbonyl (C=O) groups excluding carboxylic acids is 1. The summed E-state index contributed by atoms with van der Waals surface area (Å²) in [5.41, 5.74) is 3.66. The quantitative estimate of drug-likeness (QED) is 0.598. The maximum atomic E-state index is 10.7. The maximum Gasteiger partial charge on any atom is 0.355 e. The van der Waals surface area contributed by atoms with Crippen molar-refractivity contribution in [1.82, 2.24) is 9.97 Å². The summed E-state index contributed by atoms with van der Waals surface area (Å²) < 4.78 is 0. The van der Waals surface area contributed by atoms with Crippen molar-refractivity contribution in [2.75, 3.05) is 5.48 Å². The van der Waals surface area contributed by atoms with Gasteiger partial charge < -0.3 is 4.84 Å². The summed E-state index contributed by atoms with van der Waals surface area (Å²) in [6.07, 6.45) is 5.80. The van der Waals surface area contributed by atoms with Gasteiger partial charge in [-0.25, -0.2) is 20.2 Å². The molecule has 0 saturated heterocycles. The molecule has 0 spiro atoms. The third-order valence-corrected chi connectivity index (χ3v) is 1.38. The van der Waals surface area contributed by atoms with Crippen LogP contribution in [-0.4, -0.2) is 15.9 Å². The van der Waals surface area contributed by atoms with Crippen LogP contribution in [-0.2, 0) is 9.63 Å². The fourth-order valence-corrected chi connectivity index (χ4v) is 0.837. The van der Waals surface area contributed by atoms with E-state index in [0.717, 1.165) is 0 Å². The van der Waals surface area contributed by atoms with E-state index in [9.17, 15) is 4.79 Å². The maximum absolute atomic E-state index is 10.7. The van der Waals surface area contributed by atoms with Gasteiger partial charge in [0.15, 0.2) is 0 Å². The van der Waals surface area contributed by atoms with Crippen molar-refractivity contribution in [3.05, 3.63) is 24.3 Å². The monoisotopic (exact) mass is 163 g/mol. The summed E-state index contributed by atoms with van der Waals surface area (Å²) in [5, 5.41) is 0. The van der Waals surface area contributed by atoms with Crippen LogP contribution in [0.3, 0.4) is 0 Å². The molecule has 60 valence electrons. The first-order chi connectivity index (χ1) is 5.86. The fourth-order valence-electron chi connectivity index (χ4n) is 0.837. The molecule has 0 fully saturated rings. The molecule has 1 aliphatic heterocycles. The first-order valence-electron chi connectivity index (χ1n) is 3.31. The van der Waals surface area contributed by atoms with Gasteiger partial charge >= 0.3 is 5.97 Å². The number of aromatic nitrogens is 2. The average molecular weight is 163 g/mol. The van der Waals surface area contributed by atoms with Gasteiger partial charge in [0.1, 0.15) is 12.0 Å². The molecular formula is C7H5N3O2. The highest BCUT2D eigenvalue weighted by atomic mass is 16.7. The Kier molecular flexibility index (Phi) is 1.48. The van der Waals surface area contributed by atoms with Crippen molar-refractivity contribution in [3.63, 3.8) is 0 Å². The molecule has 1 N–H and O–H groups in total. The lowest BCUT2D eigenvalue weighted by molar-refractivity contribution is -0.134. The summed E-state index contributed by atoms with van der Waals surface area (Å²) in [6, 6.07) is 0. The van der Waals surface area contributed by atoms with Crippen molar-refractivity contribution >= 4 is 17.7 Å². The number of rotatable bonds is 0. The molecule has 1 aromatic rings. The molecule has 0 amide bonds. The lowest BCUT2D eigenvalue weighted by Gasteiger charge is -2.02. The molecule has 0 atom stereocenters. The van der Waals surface area contributed by atoms with Crippen LogP contribution in [0.2, 0.25) is 0 Å². The van der Waals surface area contributed by atoms with Crippen LogP contribution < -0.4 is 5.48 Å². The molecule has 1 aromatic heterocycles. The molecule has 5 heteroatoms. The SMILES string of the molecule is O=C1C=Cc2ncncc2NO1. The summed E-state index contributed by atoms with van der Waals surface area (Å²) >= 11 is 0. The van der Waals surface area contributed by atoms with E-state index >= 15 is 0 Å². The molecule has 5 nitrogen and oxygen atoms in total. The fraction of sp³-hybridized carbons (Fsp3) is 0. The Labute approximate surface area is 68.0 Å². The predicted octanol–water partition coefficient (Wildman–Crippen LogP) is 0.373. The normalized spacial score (nSPS) is 14.2. The number of nitrogens with zero attached hydrogens (tertiary/aromatic N) is 2. The minimum atomic E-state index is -0.451. The van der Waals surface area contributed by atoms with E-state index in [0.29, 0.717) is 11.4 Å². The van der Waals surface area contributed by atoms with E-state index in [1.165, 1.54) is 18.6 Å². The minimum Gasteiger partial charge on any atom is -0.339 e. The first-order valence-corrected chi connectivity index (χ1v) is 3.31. The van der Waals surface area contributed by atoms with Crippen molar-refractivity contribution in [1.29, 1.82) is 0 Å². The molecule has 0 saturated carbocycles. The van der Waals surface area contributed by atoms with Crippen LogP contribution >= 0.6 is 0 Å². The molecule has 1 aliphatic rings. The molecular weight excluding hydrogens is 158 g/mol. The van der Waals surface area contributed by atoms with Crippen molar-refractivity contribution in [3.8, 4) is 0 Å². The third-order valence-electron chi connectivity index (χ3n) is 1.38. The second kappa shape index (κ2) is 2.61. The Hall–Kier alpha value is -1.91. The summed E-state index contributed by atoms with van der Waals surface area (Å²) in [7, 11) is 0. The van der Waals surface area contributed by atoms with Gasteiger partial charge in [-0.1, -0.05) is 0 Å². The molecule has 12 heavy (non-hydrogen) atoms. The average Bonchev–Trinajstić information content (AvgIpc) is 2.29. The van der Waals surface area contributed by atoms with Gasteiger partial charge in [-0.15, -0.1) is 0 Å². The van der Waals surface area contributed by atoms with E-state index in [-0.39, 0.29) is 0 Å². The minimum absolute atomic E-state index is 0.451. The van der Waals surface area contributed by atoms with Crippen LogP contribution in [0.25, 0.3) is 6.08 Å². The Morgan fingerprint density at radius 3 is 3.25 bits per heavy atom. The summed E-state index contributed by atoms with van der Waals surface area (Å²) in [6.45, 7) is 0. The van der Waals surface area contributed by atoms with Crippen molar-refractivity contribution in [2.24, 2.45) is 0 Å². The smallest absolute Gasteiger partial charge is 0.339 e. The standard InChI is InChI=1S/C7H5N3O2/c11-7-2-1-5-6(10-12-7)3-8-4-9-5/h1-4,10H. The van der Waals surface area contributed by atoms with Gasteiger partial charge in [0, 0.05) is 6.08 Å². The van der Waals surface area contributed by atoms with Gasteiger partial charge in [-0.05, 0) is 6.08 Å². The zero-order valence-corrected chi connectivity index (χ0v) is 6.02. The predicted molar refractivity (Wildman–Crippen MR) is 40.8 cm³/mol. The largest absolute Gasteiger partial charge is 0.355 e. The highest BCUT2D eigenvalue weighted by molar-refractivity contribution is 5.89. The van der Waals surface area contributed by atoms with Crippen LogP contribution in [0, 0.1) is 0 Å². The second-order valence-electron chi connectivity index (χ2n) is 2.18. The van der Waals surface area contributed by atoms with Crippen LogP contribution in [0.4, 0.5) is 5.69 Å². The topological polar surface area (TPSA) is 64.1 Å². The number of carbonyl (C=O) groups is 1. The van der Waals surface area contributed by atoms with E-state index in [1.54, 1.807) is 6.08 Å². The number of hydrogen-bond acceptors (Lipinski definition) is 5. The van der Waals surface area contributed by atoms with Crippen LogP contribution in [0.5, 0.6) is 0 Å². The molecule has 0 unspecified atom stereocenters. The zero-order chi connectivity index (χ0) is 8.39. The third kappa shape index (κ3) is 1.12. The van der Waals surface area contributed by atoms with E-state index in [1.807, 2.05) is 0 Å². The van der Waals surface area contributed by atoms with Gasteiger partial charge in [0.2, 0.25) is 0 Å². The van der Waals surface area contributed by atoms with Crippen molar-refractivity contribution < 1.29 is 9.63 Å². The van der Waals surface area contributed by atoms with Gasteiger partial charge in [0.05, 0.1) is 11.9 Å². The lowest BCUT2D eigenvalue weighted by atomic mass is 10.3. The Bertz CT molecular complexity index is 348. The molecule has 0 bridgehead atoms. The van der Waals surface area contributed by atoms with Crippen LogP contribution in [0.15, 0.2) is 18.6 Å². The van der Waals surface area contributed by atoms with Gasteiger partial charge in [-0.2, -0.15) is 0 Å². The highest BCUT2D eigenvalue weighted by Gasteiger charge is 2.07. The number of nitrogens with one attached hydrogen (secondary N) is 1. The van der Waals surface area contributed by atoms with Crippen LogP contribution in [0.1, 0.15) is 5.69 Å². The number of fused-ring (bicyclic) bond motifs is 1. The molecule has 2 heterocycles. The summed E-state index contributed by atoms with van der Waals surface area (Å²) in [5.74, 6) is -0.451. The zero-order valence-electron chi connectivity index (χ0n) is 6.02. The van der Waals surface area contributed by atoms with Gasteiger partial charge in [0.25, 0.3) is 0 Å². The van der Waals surface area contributed by atoms with Crippen molar-refractivity contribution in [2.45, 2.75) is 0 Å². The number of anilines is 1.